The lowest BCUT2D eigenvalue weighted by Crippen LogP contribution is -2.53. The van der Waals surface area contributed by atoms with Gasteiger partial charge in [0.1, 0.15) is 17.1 Å². The van der Waals surface area contributed by atoms with Crippen molar-refractivity contribution < 1.29 is 14.0 Å². The first-order valence-electron chi connectivity index (χ1n) is 11.1. The van der Waals surface area contributed by atoms with Crippen molar-refractivity contribution in [1.82, 2.24) is 9.88 Å². The lowest BCUT2D eigenvalue weighted by Gasteiger charge is -2.36. The van der Waals surface area contributed by atoms with Crippen LogP contribution in [0.25, 0.3) is 0 Å². The van der Waals surface area contributed by atoms with Crippen molar-refractivity contribution in [2.75, 3.05) is 11.9 Å². The van der Waals surface area contributed by atoms with Gasteiger partial charge in [0.05, 0.1) is 5.92 Å². The maximum Gasteiger partial charge on any atom is 0.250 e. The van der Waals surface area contributed by atoms with Gasteiger partial charge >= 0.3 is 0 Å². The summed E-state index contributed by atoms with van der Waals surface area (Å²) in [5, 5.41) is 3.55. The smallest absolute Gasteiger partial charge is 0.250 e. The minimum absolute atomic E-state index is 0.0381. The largest absolute Gasteiger partial charge is 0.324 e. The summed E-state index contributed by atoms with van der Waals surface area (Å²) in [5.41, 5.74) is 1.05. The molecular formula is C26H21ClFN3O2. The van der Waals surface area contributed by atoms with Crippen molar-refractivity contribution in [2.24, 2.45) is 5.92 Å². The average Bonchev–Trinajstić information content (AvgIpc) is 3.48. The molecule has 2 aromatic carbocycles. The van der Waals surface area contributed by atoms with Gasteiger partial charge in [-0.05, 0) is 67.4 Å². The zero-order valence-electron chi connectivity index (χ0n) is 17.7. The second-order valence-electron chi connectivity index (χ2n) is 8.95. The van der Waals surface area contributed by atoms with E-state index in [-0.39, 0.29) is 23.7 Å². The molecule has 6 rings (SSSR count). The van der Waals surface area contributed by atoms with E-state index < -0.39 is 17.3 Å². The van der Waals surface area contributed by atoms with Crippen LogP contribution in [0.2, 0.25) is 5.02 Å². The number of benzene rings is 2. The van der Waals surface area contributed by atoms with Crippen molar-refractivity contribution in [2.45, 2.75) is 30.3 Å². The Morgan fingerprint density at radius 2 is 1.97 bits per heavy atom. The molecular weight excluding hydrogens is 441 g/mol. The third-order valence-electron chi connectivity index (χ3n) is 7.42. The molecule has 1 N–H and O–H groups in total. The Morgan fingerprint density at radius 3 is 2.73 bits per heavy atom. The summed E-state index contributed by atoms with van der Waals surface area (Å²) < 4.78 is 14.5. The average molecular weight is 462 g/mol. The number of nitrogens with one attached hydrogen (secondary N) is 1. The number of rotatable bonds is 3. The maximum atomic E-state index is 14.5. The zero-order valence-corrected chi connectivity index (χ0v) is 18.4. The van der Waals surface area contributed by atoms with E-state index in [9.17, 15) is 14.0 Å². The number of hydrogen-bond acceptors (Lipinski definition) is 4. The number of ketones is 1. The van der Waals surface area contributed by atoms with Crippen molar-refractivity contribution in [3.63, 3.8) is 0 Å². The Balaban J connectivity index is 1.63. The van der Waals surface area contributed by atoms with Crippen LogP contribution in [0.15, 0.2) is 66.9 Å². The zero-order chi connectivity index (χ0) is 22.7. The first-order valence-corrected chi connectivity index (χ1v) is 11.5. The summed E-state index contributed by atoms with van der Waals surface area (Å²) in [7, 11) is 0. The van der Waals surface area contributed by atoms with Gasteiger partial charge in [-0.25, -0.2) is 4.39 Å². The van der Waals surface area contributed by atoms with E-state index in [0.29, 0.717) is 28.5 Å². The topological polar surface area (TPSA) is 62.3 Å². The molecule has 0 saturated carbocycles. The maximum absolute atomic E-state index is 14.5. The highest BCUT2D eigenvalue weighted by molar-refractivity contribution is 6.30. The Bertz CT molecular complexity index is 1270. The van der Waals surface area contributed by atoms with Crippen LogP contribution in [0.5, 0.6) is 0 Å². The van der Waals surface area contributed by atoms with E-state index in [1.165, 1.54) is 12.1 Å². The first-order chi connectivity index (χ1) is 16.0. The predicted octanol–water partition coefficient (Wildman–Crippen LogP) is 4.78. The number of carbonyl (C=O) groups excluding carboxylic acids is 2. The summed E-state index contributed by atoms with van der Waals surface area (Å²) in [6.07, 6.45) is 3.33. The van der Waals surface area contributed by atoms with E-state index in [1.54, 1.807) is 30.5 Å². The number of hydrogen-bond donors (Lipinski definition) is 1. The van der Waals surface area contributed by atoms with E-state index in [1.807, 2.05) is 24.3 Å². The predicted molar refractivity (Wildman–Crippen MR) is 123 cm³/mol. The van der Waals surface area contributed by atoms with Gasteiger partial charge in [0, 0.05) is 34.4 Å². The molecule has 0 radical (unpaired) electrons. The summed E-state index contributed by atoms with van der Waals surface area (Å²) in [5.74, 6) is -1.95. The third kappa shape index (κ3) is 2.84. The molecule has 5 nitrogen and oxygen atoms in total. The van der Waals surface area contributed by atoms with E-state index >= 15 is 0 Å². The quantitative estimate of drug-likeness (QED) is 0.570. The molecule has 3 aliphatic heterocycles. The van der Waals surface area contributed by atoms with Crippen LogP contribution in [-0.2, 0) is 10.3 Å². The van der Waals surface area contributed by atoms with Crippen molar-refractivity contribution in [1.29, 1.82) is 0 Å². The van der Waals surface area contributed by atoms with Gasteiger partial charge in [-0.3, -0.25) is 19.5 Å². The molecule has 1 spiro atoms. The van der Waals surface area contributed by atoms with Crippen LogP contribution in [0.1, 0.15) is 40.4 Å². The molecule has 2 fully saturated rings. The van der Waals surface area contributed by atoms with Crippen LogP contribution in [0, 0.1) is 11.7 Å². The molecule has 2 saturated heterocycles. The molecule has 4 heterocycles. The van der Waals surface area contributed by atoms with Gasteiger partial charge in [0.25, 0.3) is 0 Å². The van der Waals surface area contributed by atoms with Gasteiger partial charge in [0.2, 0.25) is 5.91 Å². The summed E-state index contributed by atoms with van der Waals surface area (Å²) in [4.78, 5) is 34.4. The second-order valence-corrected chi connectivity index (χ2v) is 9.38. The molecule has 3 aromatic rings. The number of nitrogens with zero attached hydrogens (tertiary/aromatic N) is 2. The van der Waals surface area contributed by atoms with E-state index in [0.717, 1.165) is 18.4 Å². The Hall–Kier alpha value is -3.09. The van der Waals surface area contributed by atoms with Crippen molar-refractivity contribution in [3.8, 4) is 0 Å². The number of aromatic nitrogens is 1. The van der Waals surface area contributed by atoms with Crippen LogP contribution in [-0.4, -0.2) is 34.2 Å². The normalized spacial score (nSPS) is 28.1. The van der Waals surface area contributed by atoms with Crippen molar-refractivity contribution in [3.05, 3.63) is 94.5 Å². The molecule has 0 bridgehead atoms. The summed E-state index contributed by atoms with van der Waals surface area (Å²) >= 11 is 6.16. The van der Waals surface area contributed by atoms with Crippen LogP contribution >= 0.6 is 11.6 Å². The Kier molecular flexibility index (Phi) is 4.64. The van der Waals surface area contributed by atoms with Gasteiger partial charge in [-0.15, -0.1) is 0 Å². The fraction of sp³-hybridized carbons (Fsp3) is 0.269. The first kappa shape index (κ1) is 20.5. The standard InChI is InChI=1S/C26H21ClFN3O2/c27-16-8-6-15(7-9-16)22-21-5-3-13-31(21)26(23(22)24(32)20-4-1-2-12-29-20)18-14-17(28)10-11-19(18)30-25(26)33/h1-2,4,6-12,14,21-23H,3,5,13H2,(H,30,33)/t21-,22+,23+,26-/m1/s1. The minimum atomic E-state index is -1.29. The van der Waals surface area contributed by atoms with Crippen LogP contribution < -0.4 is 5.32 Å². The fourth-order valence-corrected chi connectivity index (χ4v) is 6.39. The molecule has 7 heteroatoms. The molecule has 1 aromatic heterocycles. The van der Waals surface area contributed by atoms with E-state index in [2.05, 4.69) is 15.2 Å². The van der Waals surface area contributed by atoms with Crippen molar-refractivity contribution >= 4 is 29.0 Å². The molecule has 0 aliphatic carbocycles. The molecule has 1 amide bonds. The van der Waals surface area contributed by atoms with Gasteiger partial charge in [-0.2, -0.15) is 0 Å². The molecule has 4 atom stereocenters. The van der Waals surface area contributed by atoms with E-state index in [4.69, 9.17) is 11.6 Å². The summed E-state index contributed by atoms with van der Waals surface area (Å²) in [6, 6.07) is 17.0. The van der Waals surface area contributed by atoms with Gasteiger partial charge in [-0.1, -0.05) is 29.8 Å². The second kappa shape index (κ2) is 7.47. The highest BCUT2D eigenvalue weighted by Gasteiger charge is 2.69. The monoisotopic (exact) mass is 461 g/mol. The highest BCUT2D eigenvalue weighted by Crippen LogP contribution is 2.61. The number of anilines is 1. The van der Waals surface area contributed by atoms with Crippen LogP contribution in [0.3, 0.4) is 0 Å². The SMILES string of the molecule is O=C(c1ccccn1)[C@@H]1[C@@H](c2ccc(Cl)cc2)[C@H]2CCCN2[C@@]12C(=O)Nc1ccc(F)cc12. The fourth-order valence-electron chi connectivity index (χ4n) is 6.26. The molecule has 3 aliphatic rings. The molecule has 33 heavy (non-hydrogen) atoms. The number of fused-ring (bicyclic) bond motifs is 4. The summed E-state index contributed by atoms with van der Waals surface area (Å²) in [6.45, 7) is 0.657. The number of carbonyl (C=O) groups is 2. The third-order valence-corrected chi connectivity index (χ3v) is 7.67. The lowest BCUT2D eigenvalue weighted by atomic mass is 9.69. The molecule has 0 unspecified atom stereocenters. The Morgan fingerprint density at radius 1 is 1.15 bits per heavy atom. The minimum Gasteiger partial charge on any atom is -0.324 e. The Labute approximate surface area is 195 Å². The number of halogens is 2. The molecule has 166 valence electrons. The van der Waals surface area contributed by atoms with Crippen LogP contribution in [0.4, 0.5) is 10.1 Å². The number of amides is 1. The van der Waals surface area contributed by atoms with Gasteiger partial charge < -0.3 is 5.32 Å². The highest BCUT2D eigenvalue weighted by atomic mass is 35.5. The number of pyridine rings is 1. The lowest BCUT2D eigenvalue weighted by molar-refractivity contribution is -0.127. The number of Topliss-reactive ketones (excluding diaryl/α,β-unsaturated/α-hetero) is 1. The van der Waals surface area contributed by atoms with Gasteiger partial charge in [0.15, 0.2) is 5.78 Å².